The first kappa shape index (κ1) is 22.3. The van der Waals surface area contributed by atoms with Gasteiger partial charge in [0, 0.05) is 24.2 Å². The summed E-state index contributed by atoms with van der Waals surface area (Å²) in [5, 5.41) is 33.1. The maximum absolute atomic E-state index is 11.7. The molecule has 182 valence electrons. The van der Waals surface area contributed by atoms with E-state index in [0.29, 0.717) is 54.8 Å². The fourth-order valence-electron chi connectivity index (χ4n) is 10.3. The van der Waals surface area contributed by atoms with Gasteiger partial charge in [0.05, 0.1) is 30.5 Å². The zero-order valence-corrected chi connectivity index (χ0v) is 20.4. The highest BCUT2D eigenvalue weighted by Crippen LogP contribution is 2.71. The molecule has 13 atom stereocenters. The maximum Gasteiger partial charge on any atom is 0.171 e. The van der Waals surface area contributed by atoms with Crippen LogP contribution in [-0.4, -0.2) is 51.6 Å². The van der Waals surface area contributed by atoms with Crippen LogP contribution < -0.4 is 0 Å². The van der Waals surface area contributed by atoms with Crippen LogP contribution in [0.5, 0.6) is 0 Å². The second kappa shape index (κ2) is 6.94. The van der Waals surface area contributed by atoms with Gasteiger partial charge in [-0.1, -0.05) is 27.7 Å². The van der Waals surface area contributed by atoms with Gasteiger partial charge in [0.15, 0.2) is 5.79 Å². The summed E-state index contributed by atoms with van der Waals surface area (Å²) in [7, 11) is 0. The van der Waals surface area contributed by atoms with Crippen molar-refractivity contribution in [3.05, 3.63) is 0 Å². The monoisotopic (exact) mass is 448 g/mol. The zero-order chi connectivity index (χ0) is 22.7. The molecule has 0 amide bonds. The fraction of sp³-hybridized carbons (Fsp3) is 1.00. The van der Waals surface area contributed by atoms with Gasteiger partial charge in [-0.2, -0.15) is 0 Å². The number of rotatable bonds is 0. The molecule has 32 heavy (non-hydrogen) atoms. The predicted molar refractivity (Wildman–Crippen MR) is 121 cm³/mol. The van der Waals surface area contributed by atoms with Crippen molar-refractivity contribution in [1.29, 1.82) is 0 Å². The molecule has 2 aliphatic heterocycles. The summed E-state index contributed by atoms with van der Waals surface area (Å²) in [6.07, 6.45) is 7.07. The largest absolute Gasteiger partial charge is 0.393 e. The third-order valence-corrected chi connectivity index (χ3v) is 12.1. The summed E-state index contributed by atoms with van der Waals surface area (Å²) >= 11 is 0. The molecule has 5 nitrogen and oxygen atoms in total. The fourth-order valence-corrected chi connectivity index (χ4v) is 10.3. The van der Waals surface area contributed by atoms with Crippen LogP contribution in [0, 0.1) is 46.3 Å². The van der Waals surface area contributed by atoms with Crippen molar-refractivity contribution in [2.45, 2.75) is 115 Å². The van der Waals surface area contributed by atoms with E-state index < -0.39 is 23.2 Å². The van der Waals surface area contributed by atoms with E-state index in [2.05, 4.69) is 27.7 Å². The van der Waals surface area contributed by atoms with Crippen molar-refractivity contribution >= 4 is 0 Å². The minimum Gasteiger partial charge on any atom is -0.393 e. The minimum absolute atomic E-state index is 0.242. The summed E-state index contributed by atoms with van der Waals surface area (Å²) in [5.74, 6) is 2.62. The Bertz CT molecular complexity index is 763. The van der Waals surface area contributed by atoms with Crippen molar-refractivity contribution in [3.8, 4) is 0 Å². The first-order valence-corrected chi connectivity index (χ1v) is 13.4. The number of hydrogen-bond donors (Lipinski definition) is 3. The molecule has 3 unspecified atom stereocenters. The van der Waals surface area contributed by atoms with Crippen LogP contribution in [0.1, 0.15) is 85.5 Å². The Morgan fingerprint density at radius 1 is 0.906 bits per heavy atom. The molecule has 6 rings (SSSR count). The van der Waals surface area contributed by atoms with Gasteiger partial charge >= 0.3 is 0 Å². The van der Waals surface area contributed by atoms with Gasteiger partial charge in [-0.05, 0) is 80.0 Å². The van der Waals surface area contributed by atoms with Crippen LogP contribution >= 0.6 is 0 Å². The topological polar surface area (TPSA) is 79.2 Å². The summed E-state index contributed by atoms with van der Waals surface area (Å²) in [6.45, 7) is 10.1. The lowest BCUT2D eigenvalue weighted by molar-refractivity contribution is -0.277. The molecule has 0 aromatic heterocycles. The molecular weight excluding hydrogens is 404 g/mol. The second-order valence-electron chi connectivity index (χ2n) is 13.4. The van der Waals surface area contributed by atoms with Crippen molar-refractivity contribution < 1.29 is 24.8 Å². The Balaban J connectivity index is 1.29. The van der Waals surface area contributed by atoms with Crippen LogP contribution in [0.3, 0.4) is 0 Å². The summed E-state index contributed by atoms with van der Waals surface area (Å²) in [4.78, 5) is 0. The molecule has 2 heterocycles. The number of aliphatic hydroxyl groups excluding tert-OH is 2. The van der Waals surface area contributed by atoms with E-state index in [0.717, 1.165) is 38.7 Å². The summed E-state index contributed by atoms with van der Waals surface area (Å²) in [6, 6.07) is 0. The Morgan fingerprint density at radius 3 is 2.41 bits per heavy atom. The lowest BCUT2D eigenvalue weighted by Gasteiger charge is -2.65. The highest BCUT2D eigenvalue weighted by Gasteiger charge is 2.71. The normalized spacial score (nSPS) is 64.0. The molecular formula is C27H44O5. The van der Waals surface area contributed by atoms with Crippen molar-refractivity contribution in [3.63, 3.8) is 0 Å². The van der Waals surface area contributed by atoms with Crippen LogP contribution in [-0.2, 0) is 9.47 Å². The molecule has 3 N–H and O–H groups in total. The van der Waals surface area contributed by atoms with Gasteiger partial charge in [0.25, 0.3) is 0 Å². The minimum atomic E-state index is -0.950. The number of fused-ring (bicyclic) bond motifs is 7. The Kier molecular flexibility index (Phi) is 4.83. The Hall–Kier alpha value is -0.200. The van der Waals surface area contributed by atoms with E-state index in [1.54, 1.807) is 0 Å². The van der Waals surface area contributed by atoms with E-state index in [9.17, 15) is 15.3 Å². The van der Waals surface area contributed by atoms with E-state index in [1.807, 2.05) is 0 Å². The molecule has 6 fully saturated rings. The average Bonchev–Trinajstić information content (AvgIpc) is 3.17. The average molecular weight is 449 g/mol. The lowest BCUT2D eigenvalue weighted by Crippen LogP contribution is -2.68. The Morgan fingerprint density at radius 2 is 1.69 bits per heavy atom. The third kappa shape index (κ3) is 2.64. The molecule has 0 radical (unpaired) electrons. The van der Waals surface area contributed by atoms with Gasteiger partial charge < -0.3 is 24.8 Å². The maximum atomic E-state index is 11.7. The lowest BCUT2D eigenvalue weighted by atomic mass is 9.42. The van der Waals surface area contributed by atoms with Crippen LogP contribution in [0.4, 0.5) is 0 Å². The zero-order valence-electron chi connectivity index (χ0n) is 20.4. The van der Waals surface area contributed by atoms with Crippen LogP contribution in [0.25, 0.3) is 0 Å². The van der Waals surface area contributed by atoms with E-state index in [1.165, 1.54) is 6.42 Å². The highest BCUT2D eigenvalue weighted by molar-refractivity contribution is 5.19. The molecule has 2 saturated heterocycles. The van der Waals surface area contributed by atoms with Gasteiger partial charge in [-0.15, -0.1) is 0 Å². The van der Waals surface area contributed by atoms with Gasteiger partial charge in [-0.3, -0.25) is 0 Å². The van der Waals surface area contributed by atoms with E-state index in [4.69, 9.17) is 9.47 Å². The molecule has 0 aromatic carbocycles. The Labute approximate surface area is 193 Å². The standard InChI is InChI=1S/C27H44O5/c1-15-5-10-27(31-14-15)16(2)23-21(32-27)12-20-18-6-9-26(30)13-17(28)11-22(29)25(26,4)19(18)7-8-24(20,23)3/h15-23,28-30H,5-14H2,1-4H3/t15-,16+,17?,18-,19+,20+,21+,22?,23+,24+,25+,26?,27-/m1/s1. The molecule has 6 aliphatic rings. The van der Waals surface area contributed by atoms with Crippen LogP contribution in [0.15, 0.2) is 0 Å². The third-order valence-electron chi connectivity index (χ3n) is 12.1. The number of ether oxygens (including phenoxy) is 2. The molecule has 1 spiro atoms. The molecule has 5 heteroatoms. The SMILES string of the molecule is C[C@@H]1CC[C@@]2(OC1)O[C@H]1C[C@H]3[C@@H]4CCC5(O)CC(O)CC(O)[C@]5(C)[C@H]4CC[C@]3(C)[C@H]1[C@@H]2C. The number of hydrogen-bond acceptors (Lipinski definition) is 5. The highest BCUT2D eigenvalue weighted by atomic mass is 16.7. The first-order valence-electron chi connectivity index (χ1n) is 13.4. The van der Waals surface area contributed by atoms with Crippen molar-refractivity contribution in [2.75, 3.05) is 6.61 Å². The summed E-state index contributed by atoms with van der Waals surface area (Å²) < 4.78 is 13.3. The van der Waals surface area contributed by atoms with E-state index >= 15 is 0 Å². The molecule has 0 aromatic rings. The molecule has 4 saturated carbocycles. The molecule has 0 bridgehead atoms. The van der Waals surface area contributed by atoms with Gasteiger partial charge in [-0.25, -0.2) is 0 Å². The second-order valence-corrected chi connectivity index (χ2v) is 13.4. The van der Waals surface area contributed by atoms with Crippen LogP contribution in [0.2, 0.25) is 0 Å². The summed E-state index contributed by atoms with van der Waals surface area (Å²) in [5.41, 5.74) is -1.23. The van der Waals surface area contributed by atoms with E-state index in [-0.39, 0.29) is 17.3 Å². The number of aliphatic hydroxyl groups is 3. The smallest absolute Gasteiger partial charge is 0.171 e. The first-order chi connectivity index (χ1) is 15.0. The molecule has 4 aliphatic carbocycles. The van der Waals surface area contributed by atoms with Gasteiger partial charge in [0.2, 0.25) is 0 Å². The van der Waals surface area contributed by atoms with Gasteiger partial charge in [0.1, 0.15) is 0 Å². The van der Waals surface area contributed by atoms with Crippen molar-refractivity contribution in [1.82, 2.24) is 0 Å². The van der Waals surface area contributed by atoms with Crippen molar-refractivity contribution in [2.24, 2.45) is 46.3 Å². The predicted octanol–water partition coefficient (Wildman–Crippen LogP) is 3.88. The quantitative estimate of drug-likeness (QED) is 0.524.